The second-order valence-electron chi connectivity index (χ2n) is 5.05. The van der Waals surface area contributed by atoms with E-state index in [0.29, 0.717) is 18.2 Å². The highest BCUT2D eigenvalue weighted by atomic mass is 16.5. The van der Waals surface area contributed by atoms with Gasteiger partial charge in [-0.1, -0.05) is 19.9 Å². The van der Waals surface area contributed by atoms with Crippen molar-refractivity contribution in [1.82, 2.24) is 0 Å². The van der Waals surface area contributed by atoms with Crippen molar-refractivity contribution >= 4 is 17.3 Å². The number of hydrogen-bond acceptors (Lipinski definition) is 5. The Kier molecular flexibility index (Phi) is 3.83. The number of esters is 1. The van der Waals surface area contributed by atoms with E-state index in [1.807, 2.05) is 23.1 Å². The van der Waals surface area contributed by atoms with Crippen molar-refractivity contribution in [2.24, 2.45) is 5.92 Å². The minimum atomic E-state index is -0.279. The molecule has 5 heteroatoms. The Labute approximate surface area is 113 Å². The van der Waals surface area contributed by atoms with Gasteiger partial charge in [-0.2, -0.15) is 0 Å². The summed E-state index contributed by atoms with van der Waals surface area (Å²) in [6, 6.07) is 5.54. The van der Waals surface area contributed by atoms with Crippen LogP contribution in [0.15, 0.2) is 18.2 Å². The van der Waals surface area contributed by atoms with Gasteiger partial charge in [0.2, 0.25) is 0 Å². The Morgan fingerprint density at radius 3 is 2.95 bits per heavy atom. The monoisotopic (exact) mass is 264 g/mol. The molecule has 2 N–H and O–H groups in total. The Morgan fingerprint density at radius 1 is 1.58 bits per heavy atom. The van der Waals surface area contributed by atoms with Crippen LogP contribution in [-0.4, -0.2) is 32.3 Å². The predicted octanol–water partition coefficient (Wildman–Crippen LogP) is 1.67. The van der Waals surface area contributed by atoms with E-state index in [0.717, 1.165) is 11.4 Å². The molecule has 104 valence electrons. The van der Waals surface area contributed by atoms with Crippen molar-refractivity contribution in [3.63, 3.8) is 0 Å². The third-order valence-electron chi connectivity index (χ3n) is 3.32. The topological polar surface area (TPSA) is 64.8 Å². The maximum atomic E-state index is 11.5. The molecule has 1 unspecified atom stereocenters. The maximum Gasteiger partial charge on any atom is 0.325 e. The molecule has 2 rings (SSSR count). The Morgan fingerprint density at radius 2 is 2.32 bits per heavy atom. The summed E-state index contributed by atoms with van der Waals surface area (Å²) in [6.45, 7) is 5.01. The fourth-order valence-corrected chi connectivity index (χ4v) is 2.19. The molecule has 1 aliphatic rings. The zero-order valence-corrected chi connectivity index (χ0v) is 11.6. The molecule has 19 heavy (non-hydrogen) atoms. The van der Waals surface area contributed by atoms with Crippen LogP contribution in [-0.2, 0) is 9.53 Å². The van der Waals surface area contributed by atoms with Gasteiger partial charge in [0.15, 0.2) is 0 Å². The van der Waals surface area contributed by atoms with Gasteiger partial charge in [-0.05, 0) is 18.1 Å². The van der Waals surface area contributed by atoms with Crippen molar-refractivity contribution in [2.45, 2.75) is 20.0 Å². The van der Waals surface area contributed by atoms with Crippen LogP contribution in [0.3, 0.4) is 0 Å². The lowest BCUT2D eigenvalue weighted by atomic mass is 10.0. The predicted molar refractivity (Wildman–Crippen MR) is 74.3 cm³/mol. The fraction of sp³-hybridized carbons (Fsp3) is 0.500. The molecule has 0 saturated heterocycles. The highest BCUT2D eigenvalue weighted by molar-refractivity contribution is 5.82. The van der Waals surface area contributed by atoms with Gasteiger partial charge >= 0.3 is 5.97 Å². The molecular formula is C14H20N2O3. The average molecular weight is 264 g/mol. The molecule has 0 saturated carbocycles. The first-order valence-corrected chi connectivity index (χ1v) is 6.39. The summed E-state index contributed by atoms with van der Waals surface area (Å²) < 4.78 is 10.7. The molecule has 1 aliphatic heterocycles. The standard InChI is InChI=1S/C14H20N2O3/c1-9(2)12-7-16(8-13(17)18-3)14-10(15)5-4-6-11(14)19-12/h4-6,9,12H,7-8,15H2,1-3H3. The first kappa shape index (κ1) is 13.5. The van der Waals surface area contributed by atoms with Crippen LogP contribution in [0, 0.1) is 5.92 Å². The van der Waals surface area contributed by atoms with Crippen LogP contribution in [0.25, 0.3) is 0 Å². The number of fused-ring (bicyclic) bond motifs is 1. The van der Waals surface area contributed by atoms with Crippen molar-refractivity contribution < 1.29 is 14.3 Å². The first-order valence-electron chi connectivity index (χ1n) is 6.39. The highest BCUT2D eigenvalue weighted by Gasteiger charge is 2.30. The van der Waals surface area contributed by atoms with Gasteiger partial charge < -0.3 is 20.1 Å². The first-order chi connectivity index (χ1) is 9.02. The molecule has 5 nitrogen and oxygen atoms in total. The lowest BCUT2D eigenvalue weighted by Gasteiger charge is -2.37. The van der Waals surface area contributed by atoms with E-state index >= 15 is 0 Å². The van der Waals surface area contributed by atoms with E-state index in [1.54, 1.807) is 0 Å². The van der Waals surface area contributed by atoms with Gasteiger partial charge in [-0.15, -0.1) is 0 Å². The van der Waals surface area contributed by atoms with Gasteiger partial charge in [-0.3, -0.25) is 4.79 Å². The number of nitrogen functional groups attached to an aromatic ring is 1. The summed E-state index contributed by atoms with van der Waals surface area (Å²) in [5.74, 6) is 0.808. The number of nitrogens with two attached hydrogens (primary N) is 1. The Hall–Kier alpha value is -1.91. The van der Waals surface area contributed by atoms with Crippen LogP contribution in [0.4, 0.5) is 11.4 Å². The normalized spacial score (nSPS) is 17.9. The van der Waals surface area contributed by atoms with Crippen LogP contribution in [0.1, 0.15) is 13.8 Å². The summed E-state index contributed by atoms with van der Waals surface area (Å²) >= 11 is 0. The zero-order chi connectivity index (χ0) is 14.0. The van der Waals surface area contributed by atoms with Crippen molar-refractivity contribution in [3.05, 3.63) is 18.2 Å². The van der Waals surface area contributed by atoms with E-state index in [9.17, 15) is 4.79 Å². The van der Waals surface area contributed by atoms with E-state index in [4.69, 9.17) is 15.2 Å². The zero-order valence-electron chi connectivity index (χ0n) is 11.6. The fourth-order valence-electron chi connectivity index (χ4n) is 2.19. The summed E-state index contributed by atoms with van der Waals surface area (Å²) in [5.41, 5.74) is 7.39. The van der Waals surface area contributed by atoms with Gasteiger partial charge in [0.1, 0.15) is 24.1 Å². The number of benzene rings is 1. The van der Waals surface area contributed by atoms with E-state index in [1.165, 1.54) is 7.11 Å². The summed E-state index contributed by atoms with van der Waals surface area (Å²) in [6.07, 6.45) is 0.0407. The van der Waals surface area contributed by atoms with E-state index < -0.39 is 0 Å². The number of hydrogen-bond donors (Lipinski definition) is 1. The summed E-state index contributed by atoms with van der Waals surface area (Å²) in [4.78, 5) is 13.5. The van der Waals surface area contributed by atoms with Gasteiger partial charge in [0.05, 0.1) is 19.3 Å². The van der Waals surface area contributed by atoms with Gasteiger partial charge in [0, 0.05) is 0 Å². The summed E-state index contributed by atoms with van der Waals surface area (Å²) in [7, 11) is 1.39. The number of para-hydroxylation sites is 1. The van der Waals surface area contributed by atoms with Crippen molar-refractivity contribution in [2.75, 3.05) is 30.8 Å². The number of carbonyl (C=O) groups is 1. The molecule has 0 radical (unpaired) electrons. The number of anilines is 2. The summed E-state index contributed by atoms with van der Waals surface area (Å²) in [5, 5.41) is 0. The molecule has 0 amide bonds. The molecule has 0 spiro atoms. The maximum absolute atomic E-state index is 11.5. The third-order valence-corrected chi connectivity index (χ3v) is 3.32. The van der Waals surface area contributed by atoms with Crippen LogP contribution in [0.5, 0.6) is 5.75 Å². The van der Waals surface area contributed by atoms with E-state index in [2.05, 4.69) is 13.8 Å². The second kappa shape index (κ2) is 5.38. The quantitative estimate of drug-likeness (QED) is 0.664. The molecule has 1 atom stereocenters. The molecule has 0 fully saturated rings. The lowest BCUT2D eigenvalue weighted by molar-refractivity contribution is -0.139. The molecule has 0 aromatic heterocycles. The van der Waals surface area contributed by atoms with Crippen molar-refractivity contribution in [1.29, 1.82) is 0 Å². The Bertz CT molecular complexity index is 474. The number of rotatable bonds is 3. The largest absolute Gasteiger partial charge is 0.486 e. The lowest BCUT2D eigenvalue weighted by Crippen LogP contribution is -2.45. The van der Waals surface area contributed by atoms with Gasteiger partial charge in [-0.25, -0.2) is 0 Å². The highest BCUT2D eigenvalue weighted by Crippen LogP contribution is 2.39. The smallest absolute Gasteiger partial charge is 0.325 e. The minimum Gasteiger partial charge on any atom is -0.486 e. The number of ether oxygens (including phenoxy) is 2. The van der Waals surface area contributed by atoms with E-state index in [-0.39, 0.29) is 18.6 Å². The molecule has 0 aliphatic carbocycles. The molecule has 1 heterocycles. The molecule has 0 bridgehead atoms. The van der Waals surface area contributed by atoms with Crippen molar-refractivity contribution in [3.8, 4) is 5.75 Å². The Balaban J connectivity index is 2.34. The molecular weight excluding hydrogens is 244 g/mol. The molecule has 1 aromatic carbocycles. The molecule has 1 aromatic rings. The van der Waals surface area contributed by atoms with Crippen LogP contribution >= 0.6 is 0 Å². The second-order valence-corrected chi connectivity index (χ2v) is 5.05. The van der Waals surface area contributed by atoms with Crippen LogP contribution in [0.2, 0.25) is 0 Å². The van der Waals surface area contributed by atoms with Crippen LogP contribution < -0.4 is 15.4 Å². The minimum absolute atomic E-state index is 0.0407. The van der Waals surface area contributed by atoms with Gasteiger partial charge in [0.25, 0.3) is 0 Å². The third kappa shape index (κ3) is 2.75. The number of nitrogens with zero attached hydrogens (tertiary/aromatic N) is 1. The number of carbonyl (C=O) groups excluding carboxylic acids is 1. The average Bonchev–Trinajstić information content (AvgIpc) is 2.38. The SMILES string of the molecule is COC(=O)CN1CC(C(C)C)Oc2cccc(N)c21. The number of methoxy groups -OCH3 is 1.